The van der Waals surface area contributed by atoms with Crippen molar-refractivity contribution < 1.29 is 0 Å². The lowest BCUT2D eigenvalue weighted by atomic mass is 9.75. The molecule has 1 heteroatoms. The van der Waals surface area contributed by atoms with Crippen LogP contribution in [-0.4, -0.2) is 13.1 Å². The number of hydrogen-bond donors (Lipinski definition) is 1. The summed E-state index contributed by atoms with van der Waals surface area (Å²) in [6.07, 6.45) is 7.15. The quantitative estimate of drug-likeness (QED) is 0.728. The second kappa shape index (κ2) is 5.34. The molecule has 2 unspecified atom stereocenters. The van der Waals surface area contributed by atoms with Gasteiger partial charge in [-0.25, -0.2) is 0 Å². The monoisotopic (exact) mass is 211 g/mol. The summed E-state index contributed by atoms with van der Waals surface area (Å²) in [7, 11) is 2.12. The molecular formula is C14H29N. The van der Waals surface area contributed by atoms with Gasteiger partial charge in [0.05, 0.1) is 0 Å². The van der Waals surface area contributed by atoms with Gasteiger partial charge in [-0.15, -0.1) is 0 Å². The Morgan fingerprint density at radius 3 is 2.20 bits per heavy atom. The molecule has 1 N–H and O–H groups in total. The largest absolute Gasteiger partial charge is 0.317 e. The molecule has 0 heterocycles. The summed E-state index contributed by atoms with van der Waals surface area (Å²) in [5.74, 6) is 1.82. The van der Waals surface area contributed by atoms with Gasteiger partial charge in [0.15, 0.2) is 0 Å². The van der Waals surface area contributed by atoms with E-state index < -0.39 is 0 Å². The summed E-state index contributed by atoms with van der Waals surface area (Å²) in [5, 5.41) is 3.50. The van der Waals surface area contributed by atoms with E-state index in [0.717, 1.165) is 17.9 Å². The first-order valence-electron chi connectivity index (χ1n) is 6.60. The molecule has 15 heavy (non-hydrogen) atoms. The standard InChI is InChI=1S/C14H29N/c1-11(14(2,3)4)9-13(15-5)10-12-7-6-8-12/h11-13,15H,6-10H2,1-5H3. The Kier molecular flexibility index (Phi) is 4.64. The summed E-state index contributed by atoms with van der Waals surface area (Å²) in [4.78, 5) is 0. The van der Waals surface area contributed by atoms with Crippen molar-refractivity contribution >= 4 is 0 Å². The molecule has 90 valence electrons. The number of rotatable bonds is 5. The van der Waals surface area contributed by atoms with Gasteiger partial charge in [-0.05, 0) is 37.1 Å². The lowest BCUT2D eigenvalue weighted by molar-refractivity contribution is 0.194. The van der Waals surface area contributed by atoms with Crippen molar-refractivity contribution in [3.05, 3.63) is 0 Å². The minimum Gasteiger partial charge on any atom is -0.317 e. The highest BCUT2D eigenvalue weighted by atomic mass is 14.9. The van der Waals surface area contributed by atoms with Gasteiger partial charge in [-0.2, -0.15) is 0 Å². The third-order valence-electron chi connectivity index (χ3n) is 4.37. The lowest BCUT2D eigenvalue weighted by Crippen LogP contribution is -2.34. The molecule has 1 aliphatic carbocycles. The van der Waals surface area contributed by atoms with Crippen molar-refractivity contribution in [3.63, 3.8) is 0 Å². The van der Waals surface area contributed by atoms with Gasteiger partial charge >= 0.3 is 0 Å². The molecule has 2 atom stereocenters. The van der Waals surface area contributed by atoms with Crippen LogP contribution in [0, 0.1) is 17.3 Å². The summed E-state index contributed by atoms with van der Waals surface area (Å²) in [5.41, 5.74) is 0.453. The van der Waals surface area contributed by atoms with Gasteiger partial charge in [0.1, 0.15) is 0 Å². The van der Waals surface area contributed by atoms with Crippen LogP contribution in [-0.2, 0) is 0 Å². The van der Waals surface area contributed by atoms with E-state index >= 15 is 0 Å². The zero-order valence-corrected chi connectivity index (χ0v) is 11.3. The smallest absolute Gasteiger partial charge is 0.00694 e. The molecule has 0 aliphatic heterocycles. The molecule has 1 rings (SSSR count). The van der Waals surface area contributed by atoms with E-state index in [1.807, 2.05) is 0 Å². The van der Waals surface area contributed by atoms with Crippen molar-refractivity contribution in [1.82, 2.24) is 5.32 Å². The Labute approximate surface area is 96.0 Å². The van der Waals surface area contributed by atoms with Crippen molar-refractivity contribution in [2.75, 3.05) is 7.05 Å². The minimum absolute atomic E-state index is 0.453. The zero-order valence-electron chi connectivity index (χ0n) is 11.3. The van der Waals surface area contributed by atoms with E-state index in [2.05, 4.69) is 40.1 Å². The molecule has 0 radical (unpaired) electrons. The van der Waals surface area contributed by atoms with E-state index in [9.17, 15) is 0 Å². The van der Waals surface area contributed by atoms with Gasteiger partial charge in [-0.3, -0.25) is 0 Å². The highest BCUT2D eigenvalue weighted by Crippen LogP contribution is 2.34. The fourth-order valence-corrected chi connectivity index (χ4v) is 2.24. The molecule has 0 amide bonds. The Bertz CT molecular complexity index is 176. The van der Waals surface area contributed by atoms with Crippen molar-refractivity contribution in [2.45, 2.75) is 65.8 Å². The molecule has 1 fully saturated rings. The van der Waals surface area contributed by atoms with Crippen LogP contribution in [0.1, 0.15) is 59.8 Å². The SMILES string of the molecule is CNC(CC1CCC1)CC(C)C(C)(C)C. The van der Waals surface area contributed by atoms with Crippen LogP contribution in [0.4, 0.5) is 0 Å². The maximum absolute atomic E-state index is 3.50. The molecular weight excluding hydrogens is 182 g/mol. The highest BCUT2D eigenvalue weighted by Gasteiger charge is 2.26. The minimum atomic E-state index is 0.453. The number of hydrogen-bond acceptors (Lipinski definition) is 1. The summed E-state index contributed by atoms with van der Waals surface area (Å²) in [6, 6.07) is 0.740. The number of nitrogens with one attached hydrogen (secondary N) is 1. The third kappa shape index (κ3) is 4.14. The van der Waals surface area contributed by atoms with Crippen LogP contribution in [0.5, 0.6) is 0 Å². The molecule has 0 aromatic carbocycles. The molecule has 0 bridgehead atoms. The predicted molar refractivity (Wildman–Crippen MR) is 68.0 cm³/mol. The molecule has 0 saturated heterocycles. The fourth-order valence-electron chi connectivity index (χ4n) is 2.24. The first kappa shape index (κ1) is 13.0. The zero-order chi connectivity index (χ0) is 11.5. The first-order valence-corrected chi connectivity index (χ1v) is 6.60. The topological polar surface area (TPSA) is 12.0 Å². The Balaban J connectivity index is 2.31. The van der Waals surface area contributed by atoms with Crippen LogP contribution in [0.25, 0.3) is 0 Å². The van der Waals surface area contributed by atoms with E-state index in [-0.39, 0.29) is 0 Å². The Morgan fingerprint density at radius 2 is 1.87 bits per heavy atom. The first-order chi connectivity index (χ1) is 6.93. The Morgan fingerprint density at radius 1 is 1.27 bits per heavy atom. The molecule has 1 saturated carbocycles. The average molecular weight is 211 g/mol. The molecule has 0 aromatic heterocycles. The maximum atomic E-state index is 3.50. The van der Waals surface area contributed by atoms with Gasteiger partial charge in [0.25, 0.3) is 0 Å². The molecule has 1 aliphatic rings. The van der Waals surface area contributed by atoms with E-state index in [1.54, 1.807) is 0 Å². The fraction of sp³-hybridized carbons (Fsp3) is 1.00. The molecule has 0 aromatic rings. The van der Waals surface area contributed by atoms with Crippen LogP contribution in [0.15, 0.2) is 0 Å². The van der Waals surface area contributed by atoms with Gasteiger partial charge in [0.2, 0.25) is 0 Å². The van der Waals surface area contributed by atoms with Gasteiger partial charge < -0.3 is 5.32 Å². The lowest BCUT2D eigenvalue weighted by Gasteiger charge is -2.34. The van der Waals surface area contributed by atoms with Gasteiger partial charge in [0, 0.05) is 6.04 Å². The second-order valence-corrected chi connectivity index (χ2v) is 6.52. The van der Waals surface area contributed by atoms with E-state index in [0.29, 0.717) is 5.41 Å². The van der Waals surface area contributed by atoms with Crippen LogP contribution in [0.3, 0.4) is 0 Å². The summed E-state index contributed by atoms with van der Waals surface area (Å²) >= 11 is 0. The second-order valence-electron chi connectivity index (χ2n) is 6.52. The normalized spacial score (nSPS) is 22.2. The maximum Gasteiger partial charge on any atom is 0.00694 e. The van der Waals surface area contributed by atoms with Crippen LogP contribution < -0.4 is 5.32 Å². The van der Waals surface area contributed by atoms with Crippen LogP contribution in [0.2, 0.25) is 0 Å². The van der Waals surface area contributed by atoms with Crippen LogP contribution >= 0.6 is 0 Å². The molecule has 1 nitrogen and oxygen atoms in total. The van der Waals surface area contributed by atoms with Crippen molar-refractivity contribution in [1.29, 1.82) is 0 Å². The Hall–Kier alpha value is -0.0400. The summed E-state index contributed by atoms with van der Waals surface area (Å²) < 4.78 is 0. The van der Waals surface area contributed by atoms with E-state index in [4.69, 9.17) is 0 Å². The van der Waals surface area contributed by atoms with Crippen molar-refractivity contribution in [2.24, 2.45) is 17.3 Å². The third-order valence-corrected chi connectivity index (χ3v) is 4.37. The average Bonchev–Trinajstić information content (AvgIpc) is 2.06. The van der Waals surface area contributed by atoms with E-state index in [1.165, 1.54) is 32.1 Å². The van der Waals surface area contributed by atoms with Crippen molar-refractivity contribution in [3.8, 4) is 0 Å². The van der Waals surface area contributed by atoms with Gasteiger partial charge in [-0.1, -0.05) is 47.0 Å². The molecule has 0 spiro atoms. The predicted octanol–water partition coefficient (Wildman–Crippen LogP) is 3.84. The highest BCUT2D eigenvalue weighted by molar-refractivity contribution is 4.80. The summed E-state index contributed by atoms with van der Waals surface area (Å²) in [6.45, 7) is 9.46.